The van der Waals surface area contributed by atoms with Crippen LogP contribution in [0.2, 0.25) is 0 Å². The molecule has 0 aliphatic heterocycles. The third kappa shape index (κ3) is 3.55. The molecular formula is C9H10Br2N2O2. The number of hydrogen-bond donors (Lipinski definition) is 1. The smallest absolute Gasteiger partial charge is 0.307 e. The molecule has 0 saturated heterocycles. The Morgan fingerprint density at radius 2 is 2.33 bits per heavy atom. The van der Waals surface area contributed by atoms with Crippen LogP contribution in [0.1, 0.15) is 18.2 Å². The number of halogens is 2. The highest BCUT2D eigenvalue weighted by Gasteiger charge is 2.16. The molecule has 1 aromatic heterocycles. The third-order valence-electron chi connectivity index (χ3n) is 1.80. The first-order valence-corrected chi connectivity index (χ1v) is 5.76. The fourth-order valence-corrected chi connectivity index (χ4v) is 2.34. The minimum absolute atomic E-state index is 0.115. The van der Waals surface area contributed by atoms with Crippen molar-refractivity contribution in [2.75, 3.05) is 7.11 Å². The lowest BCUT2D eigenvalue weighted by molar-refractivity contribution is -0.141. The Kier molecular flexibility index (Phi) is 4.69. The summed E-state index contributed by atoms with van der Waals surface area (Å²) in [5.74, 6) is -0.348. The van der Waals surface area contributed by atoms with Crippen molar-refractivity contribution in [3.05, 3.63) is 26.9 Å². The number of nitrogens with two attached hydrogens (primary N) is 1. The molecule has 1 aromatic rings. The van der Waals surface area contributed by atoms with E-state index in [1.165, 1.54) is 7.11 Å². The van der Waals surface area contributed by atoms with Crippen LogP contribution in [0.25, 0.3) is 0 Å². The first-order valence-electron chi connectivity index (χ1n) is 4.18. The predicted molar refractivity (Wildman–Crippen MR) is 63.2 cm³/mol. The first-order chi connectivity index (χ1) is 7.04. The molecule has 1 heterocycles. The molecule has 0 aliphatic rings. The minimum Gasteiger partial charge on any atom is -0.469 e. The molecule has 0 aromatic carbocycles. The van der Waals surface area contributed by atoms with E-state index in [9.17, 15) is 4.79 Å². The molecule has 0 fully saturated rings. The van der Waals surface area contributed by atoms with Crippen LogP contribution in [0.5, 0.6) is 0 Å². The highest BCUT2D eigenvalue weighted by Crippen LogP contribution is 2.24. The summed E-state index contributed by atoms with van der Waals surface area (Å²) in [5.41, 5.74) is 6.46. The standard InChI is InChI=1S/C9H10Br2N2O2/c1-15-8(14)3-7(12)9-6(11)2-5(10)4-13-9/h2,4,7H,3,12H2,1H3. The van der Waals surface area contributed by atoms with Crippen LogP contribution in [-0.4, -0.2) is 18.1 Å². The first kappa shape index (κ1) is 12.6. The lowest BCUT2D eigenvalue weighted by Crippen LogP contribution is -2.18. The van der Waals surface area contributed by atoms with Gasteiger partial charge in [0.1, 0.15) is 0 Å². The average Bonchev–Trinajstić information content (AvgIpc) is 2.17. The van der Waals surface area contributed by atoms with Crippen LogP contribution >= 0.6 is 31.9 Å². The fourth-order valence-electron chi connectivity index (χ4n) is 1.06. The number of ether oxygens (including phenoxy) is 1. The highest BCUT2D eigenvalue weighted by molar-refractivity contribution is 9.11. The van der Waals surface area contributed by atoms with Crippen molar-refractivity contribution in [1.29, 1.82) is 0 Å². The molecule has 0 saturated carbocycles. The number of pyridine rings is 1. The number of aromatic nitrogens is 1. The summed E-state index contributed by atoms with van der Waals surface area (Å²) in [6.07, 6.45) is 1.75. The van der Waals surface area contributed by atoms with E-state index in [1.807, 2.05) is 6.07 Å². The lowest BCUT2D eigenvalue weighted by Gasteiger charge is -2.11. The largest absolute Gasteiger partial charge is 0.469 e. The molecule has 4 nitrogen and oxygen atoms in total. The zero-order valence-electron chi connectivity index (χ0n) is 8.04. The van der Waals surface area contributed by atoms with Crippen molar-refractivity contribution < 1.29 is 9.53 Å². The van der Waals surface area contributed by atoms with Gasteiger partial charge >= 0.3 is 5.97 Å². The Labute approximate surface area is 104 Å². The molecule has 0 amide bonds. The van der Waals surface area contributed by atoms with Crippen molar-refractivity contribution >= 4 is 37.8 Å². The van der Waals surface area contributed by atoms with E-state index in [4.69, 9.17) is 5.73 Å². The van der Waals surface area contributed by atoms with Gasteiger partial charge < -0.3 is 10.5 Å². The van der Waals surface area contributed by atoms with Crippen LogP contribution in [-0.2, 0) is 9.53 Å². The quantitative estimate of drug-likeness (QED) is 0.858. The van der Waals surface area contributed by atoms with Gasteiger partial charge in [0.05, 0.1) is 25.3 Å². The van der Waals surface area contributed by atoms with E-state index < -0.39 is 6.04 Å². The number of nitrogens with zero attached hydrogens (tertiary/aromatic N) is 1. The maximum Gasteiger partial charge on any atom is 0.307 e. The maximum atomic E-state index is 11.0. The van der Waals surface area contributed by atoms with Crippen LogP contribution in [0, 0.1) is 0 Å². The Morgan fingerprint density at radius 3 is 2.87 bits per heavy atom. The third-order valence-corrected chi connectivity index (χ3v) is 2.87. The number of hydrogen-bond acceptors (Lipinski definition) is 4. The number of carbonyl (C=O) groups excluding carboxylic acids is 1. The molecule has 1 rings (SSSR count). The fraction of sp³-hybridized carbons (Fsp3) is 0.333. The van der Waals surface area contributed by atoms with Gasteiger partial charge in [0, 0.05) is 15.1 Å². The van der Waals surface area contributed by atoms with E-state index >= 15 is 0 Å². The molecule has 0 spiro atoms. The second-order valence-corrected chi connectivity index (χ2v) is 4.68. The molecule has 2 N–H and O–H groups in total. The van der Waals surface area contributed by atoms with Crippen LogP contribution in [0.4, 0.5) is 0 Å². The second kappa shape index (κ2) is 5.58. The summed E-state index contributed by atoms with van der Waals surface area (Å²) in [5, 5.41) is 0. The van der Waals surface area contributed by atoms with Gasteiger partial charge in [-0.15, -0.1) is 0 Å². The molecule has 0 radical (unpaired) electrons. The summed E-state index contributed by atoms with van der Waals surface area (Å²) < 4.78 is 6.16. The van der Waals surface area contributed by atoms with Gasteiger partial charge in [0.15, 0.2) is 0 Å². The summed E-state index contributed by atoms with van der Waals surface area (Å²) in [4.78, 5) is 15.2. The predicted octanol–water partition coefficient (Wildman–Crippen LogP) is 2.17. The monoisotopic (exact) mass is 336 g/mol. The zero-order chi connectivity index (χ0) is 11.4. The molecule has 1 atom stereocenters. The van der Waals surface area contributed by atoms with E-state index in [0.717, 1.165) is 8.95 Å². The van der Waals surface area contributed by atoms with E-state index in [0.29, 0.717) is 5.69 Å². The summed E-state index contributed by atoms with van der Waals surface area (Å²) >= 11 is 6.62. The number of methoxy groups -OCH3 is 1. The Bertz CT molecular complexity index is 371. The summed E-state index contributed by atoms with van der Waals surface area (Å²) in [7, 11) is 1.33. The van der Waals surface area contributed by atoms with Crippen molar-refractivity contribution in [2.24, 2.45) is 5.73 Å². The van der Waals surface area contributed by atoms with Crippen LogP contribution in [0.3, 0.4) is 0 Å². The van der Waals surface area contributed by atoms with Crippen LogP contribution in [0.15, 0.2) is 21.2 Å². The highest BCUT2D eigenvalue weighted by atomic mass is 79.9. The van der Waals surface area contributed by atoms with Gasteiger partial charge in [0.2, 0.25) is 0 Å². The topological polar surface area (TPSA) is 65.2 Å². The molecule has 0 aliphatic carbocycles. The number of carbonyl (C=O) groups is 1. The molecule has 0 bridgehead atoms. The molecule has 1 unspecified atom stereocenters. The van der Waals surface area contributed by atoms with Crippen molar-refractivity contribution in [3.63, 3.8) is 0 Å². The Hall–Kier alpha value is -0.460. The normalized spacial score (nSPS) is 12.3. The molecule has 15 heavy (non-hydrogen) atoms. The van der Waals surface area contributed by atoms with Crippen LogP contribution < -0.4 is 5.73 Å². The second-order valence-electron chi connectivity index (χ2n) is 2.91. The van der Waals surface area contributed by atoms with Crippen molar-refractivity contribution in [3.8, 4) is 0 Å². The summed E-state index contributed by atoms with van der Waals surface area (Å²) in [6.45, 7) is 0. The minimum atomic E-state index is -0.458. The SMILES string of the molecule is COC(=O)CC(N)c1ncc(Br)cc1Br. The summed E-state index contributed by atoms with van der Waals surface area (Å²) in [6, 6.07) is 1.37. The van der Waals surface area contributed by atoms with Gasteiger partial charge in [-0.1, -0.05) is 0 Å². The maximum absolute atomic E-state index is 11.0. The molecule has 6 heteroatoms. The lowest BCUT2D eigenvalue weighted by atomic mass is 10.1. The number of rotatable bonds is 3. The zero-order valence-corrected chi connectivity index (χ0v) is 11.2. The van der Waals surface area contributed by atoms with Gasteiger partial charge in [-0.2, -0.15) is 0 Å². The Balaban J connectivity index is 2.82. The molecular weight excluding hydrogens is 328 g/mol. The van der Waals surface area contributed by atoms with Gasteiger partial charge in [0.25, 0.3) is 0 Å². The van der Waals surface area contributed by atoms with E-state index in [2.05, 4.69) is 41.6 Å². The van der Waals surface area contributed by atoms with Crippen molar-refractivity contribution in [1.82, 2.24) is 4.98 Å². The van der Waals surface area contributed by atoms with E-state index in [1.54, 1.807) is 6.20 Å². The van der Waals surface area contributed by atoms with Gasteiger partial charge in [-0.25, -0.2) is 0 Å². The molecule has 82 valence electrons. The van der Waals surface area contributed by atoms with Gasteiger partial charge in [-0.3, -0.25) is 9.78 Å². The van der Waals surface area contributed by atoms with Crippen molar-refractivity contribution in [2.45, 2.75) is 12.5 Å². The average molecular weight is 338 g/mol. The van der Waals surface area contributed by atoms with E-state index in [-0.39, 0.29) is 12.4 Å². The van der Waals surface area contributed by atoms with Gasteiger partial charge in [-0.05, 0) is 37.9 Å². The Morgan fingerprint density at radius 1 is 1.67 bits per heavy atom. The number of esters is 1.